The molecule has 3 aliphatic rings. The van der Waals surface area contributed by atoms with E-state index in [1.807, 2.05) is 18.2 Å². The van der Waals surface area contributed by atoms with Gasteiger partial charge in [-0.1, -0.05) is 67.6 Å². The zero-order valence-corrected chi connectivity index (χ0v) is 21.8. The molecule has 0 bridgehead atoms. The maximum atomic E-state index is 6.69. The topological polar surface area (TPSA) is 40.2 Å². The van der Waals surface area contributed by atoms with Gasteiger partial charge >= 0.3 is 0 Å². The average Bonchev–Trinajstić information content (AvgIpc) is 3.28. The monoisotopic (exact) mass is 523 g/mol. The van der Waals surface area contributed by atoms with Crippen LogP contribution in [0.4, 0.5) is 0 Å². The van der Waals surface area contributed by atoms with Gasteiger partial charge in [0.1, 0.15) is 6.04 Å². The second-order valence-corrected chi connectivity index (χ2v) is 11.2. The Kier molecular flexibility index (Phi) is 6.47. The third kappa shape index (κ3) is 4.06. The SMILES string of the molecule is CCC(CC)COc1c(OC)ccc2c1C(C(Cl)(Cl)Cl)N1CCc3cc4c(cc3C1=C2)OCO4. The number of alkyl halides is 3. The molecule has 8 heteroatoms. The first-order valence-corrected chi connectivity index (χ1v) is 12.8. The lowest BCUT2D eigenvalue weighted by Gasteiger charge is -2.46. The molecule has 0 spiro atoms. The molecule has 1 unspecified atom stereocenters. The lowest BCUT2D eigenvalue weighted by atomic mass is 9.86. The number of hydrogen-bond acceptors (Lipinski definition) is 5. The minimum atomic E-state index is -1.60. The van der Waals surface area contributed by atoms with Crippen LogP contribution in [0.2, 0.25) is 0 Å². The molecule has 0 saturated carbocycles. The predicted molar refractivity (Wildman–Crippen MR) is 136 cm³/mol. The van der Waals surface area contributed by atoms with Gasteiger partial charge in [0.15, 0.2) is 23.0 Å². The number of ether oxygens (including phenoxy) is 4. The quantitative estimate of drug-likeness (QED) is 0.380. The molecule has 182 valence electrons. The van der Waals surface area contributed by atoms with Gasteiger partial charge in [0.05, 0.1) is 13.7 Å². The van der Waals surface area contributed by atoms with Crippen LogP contribution in [-0.4, -0.2) is 35.7 Å². The molecule has 34 heavy (non-hydrogen) atoms. The van der Waals surface area contributed by atoms with Gasteiger partial charge in [-0.15, -0.1) is 0 Å². The number of fused-ring (bicyclic) bond motifs is 5. The van der Waals surface area contributed by atoms with Crippen molar-refractivity contribution in [3.05, 3.63) is 46.5 Å². The van der Waals surface area contributed by atoms with E-state index in [1.165, 1.54) is 5.56 Å². The van der Waals surface area contributed by atoms with Gasteiger partial charge < -0.3 is 23.8 Å². The summed E-state index contributed by atoms with van der Waals surface area (Å²) < 4.78 is 21.7. The standard InChI is InChI=1S/C26H28Cl3NO4/c1-4-15(5-2)13-32-24-20(31-3)7-6-17-10-19-18-12-22-21(33-14-34-22)11-16(18)8-9-30(19)25(23(17)24)26(27,28)29/h6-7,10-12,15,25H,4-5,8-9,13-14H2,1-3H3. The molecule has 5 rings (SSSR count). The van der Waals surface area contributed by atoms with Gasteiger partial charge in [0.2, 0.25) is 10.6 Å². The van der Waals surface area contributed by atoms with Gasteiger partial charge in [-0.05, 0) is 47.7 Å². The van der Waals surface area contributed by atoms with E-state index < -0.39 is 9.83 Å². The Morgan fingerprint density at radius 3 is 2.53 bits per heavy atom. The van der Waals surface area contributed by atoms with Crippen molar-refractivity contribution in [1.29, 1.82) is 0 Å². The number of methoxy groups -OCH3 is 1. The predicted octanol–water partition coefficient (Wildman–Crippen LogP) is 7.02. The highest BCUT2D eigenvalue weighted by atomic mass is 35.6. The van der Waals surface area contributed by atoms with Crippen molar-refractivity contribution < 1.29 is 18.9 Å². The van der Waals surface area contributed by atoms with Crippen LogP contribution in [0.15, 0.2) is 24.3 Å². The van der Waals surface area contributed by atoms with Crippen LogP contribution < -0.4 is 18.9 Å². The molecule has 5 nitrogen and oxygen atoms in total. The Labute approximate surface area is 215 Å². The van der Waals surface area contributed by atoms with Crippen molar-refractivity contribution in [2.24, 2.45) is 5.92 Å². The largest absolute Gasteiger partial charge is 0.493 e. The molecule has 0 fully saturated rings. The molecule has 2 aromatic rings. The first-order chi connectivity index (χ1) is 16.4. The summed E-state index contributed by atoms with van der Waals surface area (Å²) in [5.41, 5.74) is 5.05. The highest BCUT2D eigenvalue weighted by Crippen LogP contribution is 2.56. The molecule has 3 heterocycles. The van der Waals surface area contributed by atoms with Crippen LogP contribution in [0.3, 0.4) is 0 Å². The summed E-state index contributed by atoms with van der Waals surface area (Å²) in [5, 5.41) is 0. The zero-order valence-electron chi connectivity index (χ0n) is 19.5. The van der Waals surface area contributed by atoms with Crippen molar-refractivity contribution in [1.82, 2.24) is 4.90 Å². The normalized spacial score (nSPS) is 18.3. The molecule has 0 saturated heterocycles. The molecule has 0 aromatic heterocycles. The highest BCUT2D eigenvalue weighted by molar-refractivity contribution is 6.68. The van der Waals surface area contributed by atoms with Crippen LogP contribution in [0.25, 0.3) is 11.8 Å². The average molecular weight is 525 g/mol. The number of hydrogen-bond donors (Lipinski definition) is 0. The van der Waals surface area contributed by atoms with E-state index in [0.717, 1.165) is 53.1 Å². The van der Waals surface area contributed by atoms with Gasteiger partial charge in [0, 0.05) is 23.4 Å². The fraction of sp³-hybridized carbons (Fsp3) is 0.462. The van der Waals surface area contributed by atoms with E-state index in [4.69, 9.17) is 53.8 Å². The van der Waals surface area contributed by atoms with Gasteiger partial charge in [-0.3, -0.25) is 0 Å². The fourth-order valence-electron chi connectivity index (χ4n) is 5.06. The summed E-state index contributed by atoms with van der Waals surface area (Å²) in [6.45, 7) is 5.85. The molecule has 2 aromatic carbocycles. The van der Waals surface area contributed by atoms with E-state index >= 15 is 0 Å². The van der Waals surface area contributed by atoms with Gasteiger partial charge in [-0.25, -0.2) is 0 Å². The zero-order chi connectivity index (χ0) is 24.0. The Bertz CT molecular complexity index is 1120. The summed E-state index contributed by atoms with van der Waals surface area (Å²) in [6.07, 6.45) is 5.01. The van der Waals surface area contributed by atoms with Crippen LogP contribution >= 0.6 is 34.8 Å². The van der Waals surface area contributed by atoms with Crippen molar-refractivity contribution in [3.8, 4) is 23.0 Å². The van der Waals surface area contributed by atoms with Crippen LogP contribution in [0.1, 0.15) is 55.0 Å². The summed E-state index contributed by atoms with van der Waals surface area (Å²) in [7, 11) is 1.64. The first-order valence-electron chi connectivity index (χ1n) is 11.7. The van der Waals surface area contributed by atoms with Crippen LogP contribution in [0.5, 0.6) is 23.0 Å². The van der Waals surface area contributed by atoms with Crippen molar-refractivity contribution in [2.45, 2.75) is 42.9 Å². The molecule has 0 aliphatic carbocycles. The van der Waals surface area contributed by atoms with Crippen LogP contribution in [-0.2, 0) is 6.42 Å². The number of benzene rings is 2. The van der Waals surface area contributed by atoms with Crippen molar-refractivity contribution in [3.63, 3.8) is 0 Å². The molecule has 1 atom stereocenters. The smallest absolute Gasteiger partial charge is 0.231 e. The second kappa shape index (κ2) is 9.25. The number of rotatable bonds is 6. The van der Waals surface area contributed by atoms with Crippen LogP contribution in [0, 0.1) is 5.92 Å². The van der Waals surface area contributed by atoms with E-state index in [9.17, 15) is 0 Å². The Balaban J connectivity index is 1.67. The van der Waals surface area contributed by atoms with E-state index in [1.54, 1.807) is 7.11 Å². The summed E-state index contributed by atoms with van der Waals surface area (Å²) in [4.78, 5) is 2.17. The van der Waals surface area contributed by atoms with E-state index in [2.05, 4.69) is 30.9 Å². The minimum Gasteiger partial charge on any atom is -0.493 e. The lowest BCUT2D eigenvalue weighted by molar-refractivity contribution is 0.174. The summed E-state index contributed by atoms with van der Waals surface area (Å²) >= 11 is 20.1. The Morgan fingerprint density at radius 2 is 1.85 bits per heavy atom. The lowest BCUT2D eigenvalue weighted by Crippen LogP contribution is -2.41. The van der Waals surface area contributed by atoms with Crippen molar-refractivity contribution in [2.75, 3.05) is 27.1 Å². The molecule has 0 N–H and O–H groups in total. The Hall–Kier alpha value is -1.95. The van der Waals surface area contributed by atoms with Gasteiger partial charge in [0.25, 0.3) is 0 Å². The third-order valence-electron chi connectivity index (χ3n) is 7.02. The first kappa shape index (κ1) is 23.8. The molecule has 3 aliphatic heterocycles. The summed E-state index contributed by atoms with van der Waals surface area (Å²) in [5.74, 6) is 3.25. The van der Waals surface area contributed by atoms with Gasteiger partial charge in [-0.2, -0.15) is 0 Å². The highest BCUT2D eigenvalue weighted by Gasteiger charge is 2.46. The number of nitrogens with zero attached hydrogens (tertiary/aromatic N) is 1. The second-order valence-electron chi connectivity index (χ2n) is 8.87. The van der Waals surface area contributed by atoms with E-state index in [0.29, 0.717) is 30.6 Å². The maximum absolute atomic E-state index is 6.69. The van der Waals surface area contributed by atoms with E-state index in [-0.39, 0.29) is 6.79 Å². The third-order valence-corrected chi connectivity index (χ3v) is 7.64. The molecular weight excluding hydrogens is 497 g/mol. The Morgan fingerprint density at radius 1 is 1.12 bits per heavy atom. The fourth-order valence-corrected chi connectivity index (χ4v) is 5.74. The minimum absolute atomic E-state index is 0.234. The van der Waals surface area contributed by atoms with Crippen molar-refractivity contribution >= 4 is 46.6 Å². The molecule has 0 radical (unpaired) electrons. The molecule has 0 amide bonds. The number of halogens is 3. The molecular formula is C26H28Cl3NO4. The maximum Gasteiger partial charge on any atom is 0.231 e. The summed E-state index contributed by atoms with van der Waals surface area (Å²) in [6, 6.07) is 7.48.